The van der Waals surface area contributed by atoms with Gasteiger partial charge < -0.3 is 20.0 Å². The molecule has 0 aliphatic carbocycles. The Balaban J connectivity index is 1.53. The minimum absolute atomic E-state index is 0.0673. The summed E-state index contributed by atoms with van der Waals surface area (Å²) in [6.45, 7) is 0.821. The normalized spacial score (nSPS) is 18.1. The maximum atomic E-state index is 12.7. The number of aromatic carboxylic acids is 1. The number of amides is 3. The van der Waals surface area contributed by atoms with Crippen LogP contribution in [0.15, 0.2) is 42.5 Å². The van der Waals surface area contributed by atoms with E-state index in [1.54, 1.807) is 0 Å². The molecule has 0 bridgehead atoms. The Kier molecular flexibility index (Phi) is 4.85. The maximum absolute atomic E-state index is 12.7. The number of benzene rings is 2. The molecule has 1 fully saturated rings. The topological polar surface area (TPSA) is 116 Å². The number of ether oxygens (including phenoxy) is 1. The van der Waals surface area contributed by atoms with E-state index in [0.29, 0.717) is 6.61 Å². The van der Waals surface area contributed by atoms with Gasteiger partial charge in [0.15, 0.2) is 0 Å². The van der Waals surface area contributed by atoms with Crippen molar-refractivity contribution in [3.8, 4) is 0 Å². The second-order valence-corrected chi connectivity index (χ2v) is 6.94. The molecule has 2 aliphatic heterocycles. The Morgan fingerprint density at radius 1 is 1.07 bits per heavy atom. The molecule has 2 aromatic carbocycles. The molecule has 2 aromatic rings. The van der Waals surface area contributed by atoms with E-state index < -0.39 is 23.7 Å². The first kappa shape index (κ1) is 18.8. The van der Waals surface area contributed by atoms with Gasteiger partial charge in [0.2, 0.25) is 0 Å². The zero-order chi connectivity index (χ0) is 20.5. The average Bonchev–Trinajstić information content (AvgIpc) is 3.31. The molecule has 2 heterocycles. The molecule has 4 rings (SSSR count). The Bertz CT molecular complexity index is 1030. The number of nitrogens with zero attached hydrogens (tertiary/aromatic N) is 1. The third-order valence-corrected chi connectivity index (χ3v) is 5.00. The smallest absolute Gasteiger partial charge is 0.261 e. The molecule has 1 N–H and O–H groups in total. The molecule has 148 valence electrons. The number of nitrogens with one attached hydrogen (secondary N) is 1. The molecule has 2 aliphatic rings. The van der Waals surface area contributed by atoms with E-state index in [9.17, 15) is 24.3 Å². The number of fused-ring (bicyclic) bond motifs is 1. The maximum Gasteiger partial charge on any atom is 0.261 e. The summed E-state index contributed by atoms with van der Waals surface area (Å²) in [4.78, 5) is 49.9. The van der Waals surface area contributed by atoms with Crippen LogP contribution in [0, 0.1) is 0 Å². The van der Waals surface area contributed by atoms with E-state index in [1.165, 1.54) is 42.5 Å². The molecule has 0 unspecified atom stereocenters. The highest BCUT2D eigenvalue weighted by atomic mass is 16.5. The molecule has 1 atom stereocenters. The van der Waals surface area contributed by atoms with Gasteiger partial charge in [-0.3, -0.25) is 19.3 Å². The fraction of sp³-hybridized carbons (Fsp3) is 0.238. The number of carbonyl (C=O) groups excluding carboxylic acids is 4. The fourth-order valence-electron chi connectivity index (χ4n) is 3.52. The molecule has 0 saturated carbocycles. The van der Waals surface area contributed by atoms with Crippen LogP contribution in [-0.2, 0) is 4.74 Å². The van der Waals surface area contributed by atoms with Crippen molar-refractivity contribution in [2.75, 3.05) is 18.5 Å². The number of hydrogen-bond donors (Lipinski definition) is 1. The van der Waals surface area contributed by atoms with Crippen LogP contribution >= 0.6 is 0 Å². The van der Waals surface area contributed by atoms with Gasteiger partial charge in [-0.05, 0) is 48.7 Å². The first-order valence-corrected chi connectivity index (χ1v) is 9.18. The molecular formula is C21H17N2O6-. The van der Waals surface area contributed by atoms with Crippen LogP contribution in [0.4, 0.5) is 5.69 Å². The number of carboxylic acid groups (broad SMARTS) is 1. The lowest BCUT2D eigenvalue weighted by Gasteiger charge is -2.17. The van der Waals surface area contributed by atoms with Crippen molar-refractivity contribution in [1.29, 1.82) is 0 Å². The summed E-state index contributed by atoms with van der Waals surface area (Å²) in [6.07, 6.45) is 1.54. The van der Waals surface area contributed by atoms with Crippen LogP contribution in [0.1, 0.15) is 54.3 Å². The predicted octanol–water partition coefficient (Wildman–Crippen LogP) is 1.08. The third-order valence-electron chi connectivity index (χ3n) is 5.00. The number of hydrogen-bond acceptors (Lipinski definition) is 6. The Morgan fingerprint density at radius 2 is 1.86 bits per heavy atom. The fourth-order valence-corrected chi connectivity index (χ4v) is 3.52. The van der Waals surface area contributed by atoms with Crippen molar-refractivity contribution < 1.29 is 29.0 Å². The first-order chi connectivity index (χ1) is 13.9. The van der Waals surface area contributed by atoms with Gasteiger partial charge in [0.05, 0.1) is 29.7 Å². The number of imide groups is 1. The minimum Gasteiger partial charge on any atom is -0.545 e. The highest BCUT2D eigenvalue weighted by molar-refractivity contribution is 6.22. The lowest BCUT2D eigenvalue weighted by atomic mass is 10.1. The van der Waals surface area contributed by atoms with Crippen LogP contribution in [0.3, 0.4) is 0 Å². The number of carbonyl (C=O) groups is 4. The largest absolute Gasteiger partial charge is 0.545 e. The molecule has 8 heteroatoms. The molecule has 0 aromatic heterocycles. The van der Waals surface area contributed by atoms with Crippen LogP contribution in [0.5, 0.6) is 0 Å². The van der Waals surface area contributed by atoms with E-state index in [1.807, 2.05) is 0 Å². The molecule has 8 nitrogen and oxygen atoms in total. The molecular weight excluding hydrogens is 376 g/mol. The van der Waals surface area contributed by atoms with E-state index >= 15 is 0 Å². The summed E-state index contributed by atoms with van der Waals surface area (Å²) in [6, 6.07) is 9.94. The standard InChI is InChI=1S/C21H18N2O6/c24-18(22-14-4-1-3-13(9-14)21(27)28)12-6-7-16-17(10-12)20(26)23(19(16)25)11-15-5-2-8-29-15/h1,3-4,6-7,9-10,15H,2,5,8,11H2,(H,22,24)(H,27,28)/p-1/t15-/m0/s1. The molecule has 0 radical (unpaired) electrons. The zero-order valence-corrected chi connectivity index (χ0v) is 15.3. The second-order valence-electron chi connectivity index (χ2n) is 6.94. The average molecular weight is 393 g/mol. The van der Waals surface area contributed by atoms with Crippen molar-refractivity contribution in [3.63, 3.8) is 0 Å². The Labute approximate surface area is 166 Å². The van der Waals surface area contributed by atoms with E-state index in [4.69, 9.17) is 4.74 Å². The highest BCUT2D eigenvalue weighted by Crippen LogP contribution is 2.26. The predicted molar refractivity (Wildman–Crippen MR) is 99.5 cm³/mol. The third kappa shape index (κ3) is 3.62. The van der Waals surface area contributed by atoms with Gasteiger partial charge in [0, 0.05) is 17.9 Å². The lowest BCUT2D eigenvalue weighted by Crippen LogP contribution is -2.36. The summed E-state index contributed by atoms with van der Waals surface area (Å²) in [5.41, 5.74) is 0.817. The van der Waals surface area contributed by atoms with Gasteiger partial charge >= 0.3 is 0 Å². The van der Waals surface area contributed by atoms with Crippen LogP contribution < -0.4 is 10.4 Å². The molecule has 3 amide bonds. The second kappa shape index (κ2) is 7.48. The van der Waals surface area contributed by atoms with Gasteiger partial charge in [0.1, 0.15) is 0 Å². The first-order valence-electron chi connectivity index (χ1n) is 9.18. The zero-order valence-electron chi connectivity index (χ0n) is 15.3. The highest BCUT2D eigenvalue weighted by Gasteiger charge is 2.37. The summed E-state index contributed by atoms with van der Waals surface area (Å²) >= 11 is 0. The van der Waals surface area contributed by atoms with Crippen molar-refractivity contribution in [2.45, 2.75) is 18.9 Å². The number of anilines is 1. The van der Waals surface area contributed by atoms with Gasteiger partial charge in [-0.1, -0.05) is 12.1 Å². The summed E-state index contributed by atoms with van der Waals surface area (Å²) in [7, 11) is 0. The van der Waals surface area contributed by atoms with Gasteiger partial charge in [0.25, 0.3) is 17.7 Å². The van der Waals surface area contributed by atoms with Crippen molar-refractivity contribution in [1.82, 2.24) is 4.90 Å². The number of rotatable bonds is 5. The lowest BCUT2D eigenvalue weighted by molar-refractivity contribution is -0.255. The van der Waals surface area contributed by atoms with Crippen LogP contribution in [-0.4, -0.2) is 47.8 Å². The number of carboxylic acids is 1. The van der Waals surface area contributed by atoms with Crippen LogP contribution in [0.2, 0.25) is 0 Å². The Hall–Kier alpha value is -3.52. The van der Waals surface area contributed by atoms with Crippen molar-refractivity contribution in [2.24, 2.45) is 0 Å². The van der Waals surface area contributed by atoms with Crippen molar-refractivity contribution in [3.05, 3.63) is 64.7 Å². The quantitative estimate of drug-likeness (QED) is 0.760. The minimum atomic E-state index is -1.35. The molecule has 0 spiro atoms. The van der Waals surface area contributed by atoms with Gasteiger partial charge in [-0.2, -0.15) is 0 Å². The van der Waals surface area contributed by atoms with E-state index in [2.05, 4.69) is 5.32 Å². The summed E-state index contributed by atoms with van der Waals surface area (Å²) in [5, 5.41) is 13.5. The van der Waals surface area contributed by atoms with E-state index in [0.717, 1.165) is 17.7 Å². The SMILES string of the molecule is O=C([O-])c1cccc(NC(=O)c2ccc3c(c2)C(=O)N(C[C@@H]2CCCO2)C3=O)c1. The summed E-state index contributed by atoms with van der Waals surface area (Å²) < 4.78 is 5.51. The Morgan fingerprint density at radius 3 is 2.59 bits per heavy atom. The monoisotopic (exact) mass is 393 g/mol. The van der Waals surface area contributed by atoms with E-state index in [-0.39, 0.29) is 40.6 Å². The van der Waals surface area contributed by atoms with Crippen LogP contribution in [0.25, 0.3) is 0 Å². The summed E-state index contributed by atoms with van der Waals surface area (Å²) in [5.74, 6) is -2.72. The molecule has 1 saturated heterocycles. The van der Waals surface area contributed by atoms with Gasteiger partial charge in [-0.15, -0.1) is 0 Å². The molecule has 29 heavy (non-hydrogen) atoms. The van der Waals surface area contributed by atoms with Crippen molar-refractivity contribution >= 4 is 29.4 Å². The van der Waals surface area contributed by atoms with Gasteiger partial charge in [-0.25, -0.2) is 0 Å².